The number of halogens is 1. The highest BCUT2D eigenvalue weighted by atomic mass is 79.9. The Hall–Kier alpha value is -1.47. The second-order valence-corrected chi connectivity index (χ2v) is 6.68. The van der Waals surface area contributed by atoms with Crippen molar-refractivity contribution in [2.24, 2.45) is 0 Å². The van der Waals surface area contributed by atoms with E-state index in [0.717, 1.165) is 29.5 Å². The number of fused-ring (bicyclic) bond motifs is 1. The fourth-order valence-electron chi connectivity index (χ4n) is 2.19. The van der Waals surface area contributed by atoms with Gasteiger partial charge in [-0.3, -0.25) is 4.79 Å². The number of nitrogen functional groups attached to an aromatic ring is 1. The fourth-order valence-corrected chi connectivity index (χ4v) is 3.32. The molecule has 2 aromatic heterocycles. The summed E-state index contributed by atoms with van der Waals surface area (Å²) < 4.78 is 0.706. The number of aryl methyl sites for hydroxylation is 2. The molecular formula is C14H17BrN4OS. The smallest absolute Gasteiger partial charge is 0.263 e. The molecule has 0 bridgehead atoms. The van der Waals surface area contributed by atoms with Crippen LogP contribution in [0.2, 0.25) is 0 Å². The summed E-state index contributed by atoms with van der Waals surface area (Å²) >= 11 is 4.49. The van der Waals surface area contributed by atoms with Gasteiger partial charge in [0.15, 0.2) is 0 Å². The van der Waals surface area contributed by atoms with Crippen molar-refractivity contribution in [1.82, 2.24) is 15.5 Å². The number of aromatic nitrogens is 2. The molecule has 0 unspecified atom stereocenters. The number of amides is 1. The Morgan fingerprint density at radius 1 is 1.38 bits per heavy atom. The van der Waals surface area contributed by atoms with Gasteiger partial charge in [0.1, 0.15) is 9.71 Å². The monoisotopic (exact) mass is 368 g/mol. The summed E-state index contributed by atoms with van der Waals surface area (Å²) in [5.74, 6) is -0.212. The zero-order valence-corrected chi connectivity index (χ0v) is 14.4. The molecule has 0 saturated carbocycles. The van der Waals surface area contributed by atoms with E-state index < -0.39 is 0 Å². The number of hydrogen-bond acceptors (Lipinski definition) is 5. The zero-order chi connectivity index (χ0) is 15.6. The van der Waals surface area contributed by atoms with Crippen molar-refractivity contribution in [2.75, 3.05) is 12.3 Å². The molecule has 3 N–H and O–H groups in total. The largest absolute Gasteiger partial charge is 0.397 e. The molecule has 1 amide bonds. The third kappa shape index (κ3) is 3.08. The van der Waals surface area contributed by atoms with Crippen LogP contribution in [0.5, 0.6) is 0 Å². The van der Waals surface area contributed by atoms with Gasteiger partial charge in [-0.15, -0.1) is 16.4 Å². The Morgan fingerprint density at radius 2 is 2.10 bits per heavy atom. The highest BCUT2D eigenvalue weighted by Crippen LogP contribution is 2.35. The molecule has 0 fully saturated rings. The van der Waals surface area contributed by atoms with Crippen LogP contribution in [0.15, 0.2) is 11.1 Å². The predicted octanol–water partition coefficient (Wildman–Crippen LogP) is 3.04. The standard InChI is InChI=1S/C14H17BrN4OS/c1-4-8-9(5-2)18-19-14-10(8)11(16)12(21-14)13(20)17-6-7(3)15/h3-6,16H2,1-2H3,(H,17,20). The lowest BCUT2D eigenvalue weighted by atomic mass is 10.1. The summed E-state index contributed by atoms with van der Waals surface area (Å²) in [7, 11) is 0. The quantitative estimate of drug-likeness (QED) is 0.849. The average molecular weight is 369 g/mol. The van der Waals surface area contributed by atoms with E-state index in [1.54, 1.807) is 0 Å². The summed E-state index contributed by atoms with van der Waals surface area (Å²) in [6, 6.07) is 0. The lowest BCUT2D eigenvalue weighted by Gasteiger charge is -2.06. The topological polar surface area (TPSA) is 80.9 Å². The van der Waals surface area contributed by atoms with Gasteiger partial charge in [-0.1, -0.05) is 36.4 Å². The van der Waals surface area contributed by atoms with Crippen molar-refractivity contribution in [3.63, 3.8) is 0 Å². The number of thiophene rings is 1. The first-order valence-corrected chi connectivity index (χ1v) is 8.28. The molecule has 112 valence electrons. The molecule has 0 spiro atoms. The molecule has 2 rings (SSSR count). The second kappa shape index (κ2) is 6.53. The molecule has 0 atom stereocenters. The molecule has 2 aromatic rings. The molecule has 21 heavy (non-hydrogen) atoms. The normalized spacial score (nSPS) is 10.8. The van der Waals surface area contributed by atoms with E-state index in [2.05, 4.69) is 44.9 Å². The van der Waals surface area contributed by atoms with E-state index in [1.165, 1.54) is 11.3 Å². The van der Waals surface area contributed by atoms with E-state index >= 15 is 0 Å². The van der Waals surface area contributed by atoms with Crippen LogP contribution >= 0.6 is 27.3 Å². The Bertz CT molecular complexity index is 711. The molecule has 7 heteroatoms. The molecule has 0 aliphatic carbocycles. The van der Waals surface area contributed by atoms with Gasteiger partial charge in [0, 0.05) is 16.4 Å². The predicted molar refractivity (Wildman–Crippen MR) is 91.0 cm³/mol. The Balaban J connectivity index is 2.50. The SMILES string of the molecule is C=C(Br)CNC(=O)c1sc2nnc(CC)c(CC)c2c1N. The summed E-state index contributed by atoms with van der Waals surface area (Å²) in [4.78, 5) is 13.4. The highest BCUT2D eigenvalue weighted by molar-refractivity contribution is 9.11. The van der Waals surface area contributed by atoms with Crippen LogP contribution in [-0.2, 0) is 12.8 Å². The first-order chi connectivity index (χ1) is 9.99. The van der Waals surface area contributed by atoms with Crippen LogP contribution < -0.4 is 11.1 Å². The van der Waals surface area contributed by atoms with Crippen molar-refractivity contribution in [3.05, 3.63) is 27.2 Å². The maximum atomic E-state index is 12.2. The maximum Gasteiger partial charge on any atom is 0.263 e. The first-order valence-electron chi connectivity index (χ1n) is 6.67. The van der Waals surface area contributed by atoms with Crippen LogP contribution in [0.1, 0.15) is 34.8 Å². The lowest BCUT2D eigenvalue weighted by molar-refractivity contribution is 0.0962. The summed E-state index contributed by atoms with van der Waals surface area (Å²) in [5.41, 5.74) is 8.71. The number of carbonyl (C=O) groups is 1. The minimum absolute atomic E-state index is 0.212. The number of nitrogens with zero attached hydrogens (tertiary/aromatic N) is 2. The number of rotatable bonds is 5. The van der Waals surface area contributed by atoms with E-state index in [9.17, 15) is 4.79 Å². The van der Waals surface area contributed by atoms with Gasteiger partial charge in [0.25, 0.3) is 5.91 Å². The minimum Gasteiger partial charge on any atom is -0.397 e. The third-order valence-corrected chi connectivity index (χ3v) is 4.54. The van der Waals surface area contributed by atoms with Gasteiger partial charge < -0.3 is 11.1 Å². The third-order valence-electron chi connectivity index (χ3n) is 3.17. The van der Waals surface area contributed by atoms with Gasteiger partial charge in [-0.2, -0.15) is 5.10 Å². The summed E-state index contributed by atoms with van der Waals surface area (Å²) in [6.07, 6.45) is 1.61. The minimum atomic E-state index is -0.212. The Labute approximate surface area is 135 Å². The van der Waals surface area contributed by atoms with Gasteiger partial charge >= 0.3 is 0 Å². The summed E-state index contributed by atoms with van der Waals surface area (Å²) in [6.45, 7) is 8.14. The first kappa shape index (κ1) is 15.9. The molecule has 2 heterocycles. The number of anilines is 1. The van der Waals surface area contributed by atoms with E-state index in [1.807, 2.05) is 6.92 Å². The van der Waals surface area contributed by atoms with Gasteiger partial charge in [0.2, 0.25) is 0 Å². The van der Waals surface area contributed by atoms with E-state index in [4.69, 9.17) is 5.73 Å². The fraction of sp³-hybridized carbons (Fsp3) is 0.357. The van der Waals surface area contributed by atoms with Crippen LogP contribution in [-0.4, -0.2) is 22.6 Å². The zero-order valence-electron chi connectivity index (χ0n) is 12.0. The van der Waals surface area contributed by atoms with Gasteiger partial charge in [0.05, 0.1) is 11.4 Å². The molecule has 5 nitrogen and oxygen atoms in total. The number of nitrogens with one attached hydrogen (secondary N) is 1. The van der Waals surface area contributed by atoms with Gasteiger partial charge in [-0.25, -0.2) is 0 Å². The van der Waals surface area contributed by atoms with Crippen molar-refractivity contribution in [2.45, 2.75) is 26.7 Å². The van der Waals surface area contributed by atoms with Crippen molar-refractivity contribution >= 4 is 49.1 Å². The number of nitrogens with two attached hydrogens (primary N) is 1. The van der Waals surface area contributed by atoms with E-state index in [0.29, 0.717) is 26.4 Å². The summed E-state index contributed by atoms with van der Waals surface area (Å²) in [5, 5.41) is 12.1. The van der Waals surface area contributed by atoms with Crippen molar-refractivity contribution in [1.29, 1.82) is 0 Å². The van der Waals surface area contributed by atoms with Gasteiger partial charge in [-0.05, 0) is 18.4 Å². The number of carbonyl (C=O) groups excluding carboxylic acids is 1. The molecule has 0 radical (unpaired) electrons. The van der Waals surface area contributed by atoms with Crippen LogP contribution in [0.4, 0.5) is 5.69 Å². The Morgan fingerprint density at radius 3 is 2.67 bits per heavy atom. The second-order valence-electron chi connectivity index (χ2n) is 4.56. The number of hydrogen-bond donors (Lipinski definition) is 2. The van der Waals surface area contributed by atoms with Crippen LogP contribution in [0, 0.1) is 0 Å². The average Bonchev–Trinajstić information content (AvgIpc) is 2.81. The van der Waals surface area contributed by atoms with Crippen LogP contribution in [0.25, 0.3) is 10.2 Å². The molecule has 0 aliphatic rings. The van der Waals surface area contributed by atoms with Crippen molar-refractivity contribution < 1.29 is 4.79 Å². The molecule has 0 aromatic carbocycles. The Kier molecular flexibility index (Phi) is 4.95. The highest BCUT2D eigenvalue weighted by Gasteiger charge is 2.21. The lowest BCUT2D eigenvalue weighted by Crippen LogP contribution is -2.24. The van der Waals surface area contributed by atoms with E-state index in [-0.39, 0.29) is 5.91 Å². The molecule has 0 aliphatic heterocycles. The van der Waals surface area contributed by atoms with Crippen LogP contribution in [0.3, 0.4) is 0 Å². The molecular weight excluding hydrogens is 352 g/mol. The molecule has 0 saturated heterocycles. The van der Waals surface area contributed by atoms with Crippen molar-refractivity contribution in [3.8, 4) is 0 Å². The maximum absolute atomic E-state index is 12.2.